The lowest BCUT2D eigenvalue weighted by Gasteiger charge is -2.00. The van der Waals surface area contributed by atoms with Gasteiger partial charge in [-0.15, -0.1) is 0 Å². The van der Waals surface area contributed by atoms with E-state index in [9.17, 15) is 4.79 Å². The minimum atomic E-state index is -0.381. The van der Waals surface area contributed by atoms with Crippen LogP contribution in [0.25, 0.3) is 0 Å². The van der Waals surface area contributed by atoms with Gasteiger partial charge in [-0.05, 0) is 13.0 Å². The summed E-state index contributed by atoms with van der Waals surface area (Å²) in [6.07, 6.45) is 0. The molecule has 0 saturated heterocycles. The van der Waals surface area contributed by atoms with Crippen molar-refractivity contribution in [2.24, 2.45) is 5.73 Å². The van der Waals surface area contributed by atoms with Gasteiger partial charge in [-0.2, -0.15) is 5.10 Å². The van der Waals surface area contributed by atoms with Crippen LogP contribution in [0.2, 0.25) is 0 Å². The molecule has 2 N–H and O–H groups in total. The first kappa shape index (κ1) is 9.73. The quantitative estimate of drug-likeness (QED) is 0.677. The van der Waals surface area contributed by atoms with E-state index in [0.717, 1.165) is 0 Å². The number of aryl methyl sites for hydroxylation is 1. The molecule has 0 aliphatic carbocycles. The standard InChI is InChI=1S/C8H13N3O2/c1-3-11-7(8(12)13-2)4-6(5-9)10-11/h4H,3,5,9H2,1-2H3. The highest BCUT2D eigenvalue weighted by atomic mass is 16.5. The van der Waals surface area contributed by atoms with E-state index in [1.807, 2.05) is 6.92 Å². The number of aromatic nitrogens is 2. The van der Waals surface area contributed by atoms with Crippen molar-refractivity contribution < 1.29 is 9.53 Å². The average Bonchev–Trinajstić information content (AvgIpc) is 2.59. The summed E-state index contributed by atoms with van der Waals surface area (Å²) in [6, 6.07) is 1.65. The molecule has 0 radical (unpaired) electrons. The van der Waals surface area contributed by atoms with Gasteiger partial charge in [-0.1, -0.05) is 0 Å². The highest BCUT2D eigenvalue weighted by Gasteiger charge is 2.13. The largest absolute Gasteiger partial charge is 0.464 e. The van der Waals surface area contributed by atoms with Gasteiger partial charge in [0.05, 0.1) is 12.8 Å². The summed E-state index contributed by atoms with van der Waals surface area (Å²) >= 11 is 0. The molecule has 0 unspecified atom stereocenters. The molecule has 1 aromatic rings. The van der Waals surface area contributed by atoms with Gasteiger partial charge in [0.2, 0.25) is 0 Å². The lowest BCUT2D eigenvalue weighted by Crippen LogP contribution is -2.10. The van der Waals surface area contributed by atoms with Crippen LogP contribution in [0.3, 0.4) is 0 Å². The Hall–Kier alpha value is -1.36. The van der Waals surface area contributed by atoms with E-state index in [4.69, 9.17) is 5.73 Å². The molecule has 72 valence electrons. The lowest BCUT2D eigenvalue weighted by atomic mass is 10.3. The van der Waals surface area contributed by atoms with Gasteiger partial charge < -0.3 is 10.5 Å². The highest BCUT2D eigenvalue weighted by molar-refractivity contribution is 5.87. The second kappa shape index (κ2) is 4.04. The molecule has 5 heteroatoms. The van der Waals surface area contributed by atoms with E-state index >= 15 is 0 Å². The third-order valence-electron chi connectivity index (χ3n) is 1.73. The maximum Gasteiger partial charge on any atom is 0.356 e. The molecule has 0 aliphatic rings. The first-order chi connectivity index (χ1) is 6.22. The highest BCUT2D eigenvalue weighted by Crippen LogP contribution is 2.05. The zero-order valence-corrected chi connectivity index (χ0v) is 7.78. The molecule has 13 heavy (non-hydrogen) atoms. The minimum absolute atomic E-state index is 0.330. The smallest absolute Gasteiger partial charge is 0.356 e. The first-order valence-electron chi connectivity index (χ1n) is 4.08. The molecule has 0 aromatic carbocycles. The Morgan fingerprint density at radius 1 is 1.77 bits per heavy atom. The monoisotopic (exact) mass is 183 g/mol. The van der Waals surface area contributed by atoms with E-state index in [2.05, 4.69) is 9.84 Å². The fraction of sp³-hybridized carbons (Fsp3) is 0.500. The van der Waals surface area contributed by atoms with Gasteiger partial charge in [0, 0.05) is 13.1 Å². The zero-order chi connectivity index (χ0) is 9.84. The predicted molar refractivity (Wildman–Crippen MR) is 47.1 cm³/mol. The Balaban J connectivity index is 3.03. The molecule has 0 fully saturated rings. The molecular weight excluding hydrogens is 170 g/mol. The van der Waals surface area contributed by atoms with E-state index < -0.39 is 0 Å². The summed E-state index contributed by atoms with van der Waals surface area (Å²) in [6.45, 7) is 2.86. The molecule has 0 bridgehead atoms. The van der Waals surface area contributed by atoms with E-state index in [-0.39, 0.29) is 5.97 Å². The SMILES string of the molecule is CCn1nc(CN)cc1C(=O)OC. The van der Waals surface area contributed by atoms with Crippen LogP contribution < -0.4 is 5.73 Å². The van der Waals surface area contributed by atoms with Crippen molar-refractivity contribution >= 4 is 5.97 Å². The van der Waals surface area contributed by atoms with E-state index in [0.29, 0.717) is 24.5 Å². The van der Waals surface area contributed by atoms with Crippen molar-refractivity contribution in [3.63, 3.8) is 0 Å². The summed E-state index contributed by atoms with van der Waals surface area (Å²) in [7, 11) is 1.34. The Kier molecular flexibility index (Phi) is 3.02. The van der Waals surface area contributed by atoms with Gasteiger partial charge in [0.1, 0.15) is 5.69 Å². The van der Waals surface area contributed by atoms with Gasteiger partial charge in [0.15, 0.2) is 0 Å². The first-order valence-corrected chi connectivity index (χ1v) is 4.08. The van der Waals surface area contributed by atoms with E-state index in [1.165, 1.54) is 7.11 Å². The van der Waals surface area contributed by atoms with Crippen molar-refractivity contribution in [3.8, 4) is 0 Å². The third-order valence-corrected chi connectivity index (χ3v) is 1.73. The summed E-state index contributed by atoms with van der Waals surface area (Å²) < 4.78 is 6.17. The topological polar surface area (TPSA) is 70.1 Å². The fourth-order valence-electron chi connectivity index (χ4n) is 1.08. The molecule has 0 atom stereocenters. The summed E-state index contributed by atoms with van der Waals surface area (Å²) in [5, 5.41) is 4.11. The van der Waals surface area contributed by atoms with Crippen LogP contribution in [0.5, 0.6) is 0 Å². The number of hydrogen-bond donors (Lipinski definition) is 1. The van der Waals surface area contributed by atoms with Crippen molar-refractivity contribution in [2.75, 3.05) is 7.11 Å². The molecule has 1 rings (SSSR count). The predicted octanol–water partition coefficient (Wildman–Crippen LogP) is 0.148. The number of carbonyl (C=O) groups excluding carboxylic acids is 1. The minimum Gasteiger partial charge on any atom is -0.464 e. The number of ether oxygens (including phenoxy) is 1. The number of methoxy groups -OCH3 is 1. The molecule has 1 heterocycles. The van der Waals surface area contributed by atoms with Crippen LogP contribution in [0.4, 0.5) is 0 Å². The van der Waals surface area contributed by atoms with Gasteiger partial charge in [0.25, 0.3) is 0 Å². The number of carbonyl (C=O) groups is 1. The second-order valence-electron chi connectivity index (χ2n) is 2.53. The van der Waals surface area contributed by atoms with Crippen LogP contribution in [-0.2, 0) is 17.8 Å². The second-order valence-corrected chi connectivity index (χ2v) is 2.53. The summed E-state index contributed by atoms with van der Waals surface area (Å²) in [5.74, 6) is -0.381. The molecule has 0 spiro atoms. The Bertz CT molecular complexity index is 306. The Labute approximate surface area is 76.5 Å². The summed E-state index contributed by atoms with van der Waals surface area (Å²) in [5.41, 5.74) is 6.55. The fourth-order valence-corrected chi connectivity index (χ4v) is 1.08. The number of hydrogen-bond acceptors (Lipinski definition) is 4. The lowest BCUT2D eigenvalue weighted by molar-refractivity contribution is 0.0587. The molecule has 0 aliphatic heterocycles. The van der Waals surface area contributed by atoms with Gasteiger partial charge >= 0.3 is 5.97 Å². The van der Waals surface area contributed by atoms with Crippen molar-refractivity contribution in [3.05, 3.63) is 17.5 Å². The van der Waals surface area contributed by atoms with Crippen LogP contribution in [0, 0.1) is 0 Å². The van der Waals surface area contributed by atoms with Crippen LogP contribution in [-0.4, -0.2) is 22.9 Å². The normalized spacial score (nSPS) is 10.1. The Morgan fingerprint density at radius 2 is 2.46 bits per heavy atom. The number of nitrogens with zero attached hydrogens (tertiary/aromatic N) is 2. The molecular formula is C8H13N3O2. The average molecular weight is 183 g/mol. The number of rotatable bonds is 3. The van der Waals surface area contributed by atoms with Crippen molar-refractivity contribution in [1.82, 2.24) is 9.78 Å². The van der Waals surface area contributed by atoms with Gasteiger partial charge in [-0.25, -0.2) is 4.79 Å². The van der Waals surface area contributed by atoms with Crippen LogP contribution in [0.1, 0.15) is 23.1 Å². The van der Waals surface area contributed by atoms with Gasteiger partial charge in [-0.3, -0.25) is 4.68 Å². The number of esters is 1. The maximum atomic E-state index is 11.2. The molecule has 0 amide bonds. The van der Waals surface area contributed by atoms with E-state index in [1.54, 1.807) is 10.7 Å². The third kappa shape index (κ3) is 1.86. The van der Waals surface area contributed by atoms with Crippen LogP contribution in [0.15, 0.2) is 6.07 Å². The van der Waals surface area contributed by atoms with Crippen LogP contribution >= 0.6 is 0 Å². The van der Waals surface area contributed by atoms with Crippen molar-refractivity contribution in [1.29, 1.82) is 0 Å². The zero-order valence-electron chi connectivity index (χ0n) is 7.78. The molecule has 1 aromatic heterocycles. The summed E-state index contributed by atoms with van der Waals surface area (Å²) in [4.78, 5) is 11.2. The molecule has 5 nitrogen and oxygen atoms in total. The Morgan fingerprint density at radius 3 is 2.92 bits per heavy atom. The maximum absolute atomic E-state index is 11.2. The molecule has 0 saturated carbocycles. The number of nitrogens with two attached hydrogens (primary N) is 1. The van der Waals surface area contributed by atoms with Crippen molar-refractivity contribution in [2.45, 2.75) is 20.0 Å².